The standard InChI is InChI=1S/C21H21NO3/c1-13-5-8-18-14(11-13)9-10-21(25-18)20(2,3)16-12-15(19(23)24)6-7-17(16)22(21)4/h5-12H,1-4H3,(H,23,24). The third-order valence-corrected chi connectivity index (χ3v) is 5.59. The molecule has 1 N–H and O–H groups in total. The molecule has 1 spiro atoms. The van der Waals surface area contributed by atoms with Crippen LogP contribution in [0.2, 0.25) is 0 Å². The molecule has 25 heavy (non-hydrogen) atoms. The first-order valence-electron chi connectivity index (χ1n) is 8.37. The molecule has 2 aliphatic heterocycles. The number of hydrogen-bond acceptors (Lipinski definition) is 3. The van der Waals surface area contributed by atoms with Gasteiger partial charge in [0.05, 0.1) is 11.0 Å². The minimum atomic E-state index is -0.914. The Morgan fingerprint density at radius 1 is 1.16 bits per heavy atom. The smallest absolute Gasteiger partial charge is 0.335 e. The number of aromatic carboxylic acids is 1. The maximum Gasteiger partial charge on any atom is 0.335 e. The zero-order valence-electron chi connectivity index (χ0n) is 14.8. The van der Waals surface area contributed by atoms with E-state index in [1.807, 2.05) is 25.2 Å². The highest BCUT2D eigenvalue weighted by Crippen LogP contribution is 2.54. The maximum atomic E-state index is 11.4. The van der Waals surface area contributed by atoms with Gasteiger partial charge in [0.1, 0.15) is 5.75 Å². The molecule has 2 aromatic rings. The van der Waals surface area contributed by atoms with E-state index in [1.165, 1.54) is 5.56 Å². The van der Waals surface area contributed by atoms with Crippen LogP contribution in [0.5, 0.6) is 5.75 Å². The van der Waals surface area contributed by atoms with E-state index < -0.39 is 17.1 Å². The average Bonchev–Trinajstić information content (AvgIpc) is 2.74. The monoisotopic (exact) mass is 335 g/mol. The highest BCUT2D eigenvalue weighted by Gasteiger charge is 2.57. The van der Waals surface area contributed by atoms with Crippen LogP contribution in [0.3, 0.4) is 0 Å². The summed E-state index contributed by atoms with van der Waals surface area (Å²) in [5.41, 5.74) is 3.43. The summed E-state index contributed by atoms with van der Waals surface area (Å²) < 4.78 is 6.54. The van der Waals surface area contributed by atoms with Crippen LogP contribution in [0.4, 0.5) is 5.69 Å². The summed E-state index contributed by atoms with van der Waals surface area (Å²) in [7, 11) is 2.00. The Morgan fingerprint density at radius 2 is 1.92 bits per heavy atom. The maximum absolute atomic E-state index is 11.4. The second kappa shape index (κ2) is 4.88. The lowest BCUT2D eigenvalue weighted by Gasteiger charge is -2.45. The van der Waals surface area contributed by atoms with Crippen LogP contribution in [-0.4, -0.2) is 23.8 Å². The number of nitrogens with zero attached hydrogens (tertiary/aromatic N) is 1. The van der Waals surface area contributed by atoms with Crippen molar-refractivity contribution in [2.75, 3.05) is 11.9 Å². The van der Waals surface area contributed by atoms with Crippen LogP contribution in [0.1, 0.15) is 40.9 Å². The van der Waals surface area contributed by atoms with E-state index in [0.717, 1.165) is 22.6 Å². The van der Waals surface area contributed by atoms with Crippen molar-refractivity contribution in [3.63, 3.8) is 0 Å². The third kappa shape index (κ3) is 1.97. The third-order valence-electron chi connectivity index (χ3n) is 5.59. The molecule has 0 fully saturated rings. The van der Waals surface area contributed by atoms with Crippen LogP contribution in [0.15, 0.2) is 42.5 Å². The molecule has 2 heterocycles. The van der Waals surface area contributed by atoms with Crippen molar-refractivity contribution >= 4 is 17.7 Å². The number of ether oxygens (including phenoxy) is 1. The van der Waals surface area contributed by atoms with Gasteiger partial charge in [-0.2, -0.15) is 0 Å². The predicted octanol–water partition coefficient (Wildman–Crippen LogP) is 4.22. The Kier molecular flexibility index (Phi) is 3.08. The SMILES string of the molecule is Cc1ccc2c(c1)C=CC1(O2)N(C)c2ccc(C(=O)O)cc2C1(C)C. The molecule has 0 amide bonds. The minimum Gasteiger partial charge on any atom is -0.478 e. The average molecular weight is 335 g/mol. The van der Waals surface area contributed by atoms with Gasteiger partial charge in [-0.15, -0.1) is 0 Å². The summed E-state index contributed by atoms with van der Waals surface area (Å²) >= 11 is 0. The number of benzene rings is 2. The number of hydrogen-bond donors (Lipinski definition) is 1. The first kappa shape index (κ1) is 15.8. The predicted molar refractivity (Wildman–Crippen MR) is 98.4 cm³/mol. The summed E-state index contributed by atoms with van der Waals surface area (Å²) in [5, 5.41) is 9.35. The molecule has 2 aromatic carbocycles. The van der Waals surface area contributed by atoms with Gasteiger partial charge in [0.15, 0.2) is 0 Å². The van der Waals surface area contributed by atoms with Crippen LogP contribution in [-0.2, 0) is 5.41 Å². The lowest BCUT2D eigenvalue weighted by Crippen LogP contribution is -2.58. The fraction of sp³-hybridized carbons (Fsp3) is 0.286. The van der Waals surface area contributed by atoms with Gasteiger partial charge >= 0.3 is 5.97 Å². The van der Waals surface area contributed by atoms with E-state index >= 15 is 0 Å². The van der Waals surface area contributed by atoms with Gasteiger partial charge in [0, 0.05) is 18.3 Å². The zero-order chi connectivity index (χ0) is 18.0. The molecule has 128 valence electrons. The van der Waals surface area contributed by atoms with Crippen molar-refractivity contribution in [1.82, 2.24) is 0 Å². The molecule has 1 unspecified atom stereocenters. The van der Waals surface area contributed by atoms with Crippen LogP contribution < -0.4 is 9.64 Å². The fourth-order valence-corrected chi connectivity index (χ4v) is 4.06. The van der Waals surface area contributed by atoms with E-state index in [-0.39, 0.29) is 0 Å². The zero-order valence-corrected chi connectivity index (χ0v) is 14.8. The van der Waals surface area contributed by atoms with E-state index in [9.17, 15) is 9.90 Å². The molecule has 0 bridgehead atoms. The molecule has 0 aliphatic carbocycles. The number of fused-ring (bicyclic) bond motifs is 2. The molecule has 0 radical (unpaired) electrons. The lowest BCUT2D eigenvalue weighted by atomic mass is 9.76. The molecule has 0 saturated heterocycles. The van der Waals surface area contributed by atoms with Crippen LogP contribution in [0, 0.1) is 6.92 Å². The number of carbonyl (C=O) groups is 1. The Morgan fingerprint density at radius 3 is 2.64 bits per heavy atom. The summed E-state index contributed by atoms with van der Waals surface area (Å²) in [6.07, 6.45) is 4.20. The molecule has 0 saturated carbocycles. The molecule has 4 rings (SSSR count). The van der Waals surface area contributed by atoms with Gasteiger partial charge in [-0.1, -0.05) is 11.6 Å². The van der Waals surface area contributed by atoms with Crippen LogP contribution >= 0.6 is 0 Å². The molecule has 2 aliphatic rings. The number of aryl methyl sites for hydroxylation is 1. The molecular formula is C21H21NO3. The molecular weight excluding hydrogens is 314 g/mol. The number of carboxylic acids is 1. The fourth-order valence-electron chi connectivity index (χ4n) is 4.06. The Hall–Kier alpha value is -2.75. The number of carboxylic acid groups (broad SMARTS) is 1. The van der Waals surface area contributed by atoms with Crippen molar-refractivity contribution in [3.8, 4) is 5.75 Å². The van der Waals surface area contributed by atoms with Gasteiger partial charge in [-0.05, 0) is 68.8 Å². The van der Waals surface area contributed by atoms with E-state index in [4.69, 9.17) is 4.74 Å². The molecule has 4 heteroatoms. The summed E-state index contributed by atoms with van der Waals surface area (Å²) in [6.45, 7) is 6.27. The van der Waals surface area contributed by atoms with E-state index in [0.29, 0.717) is 5.56 Å². The topological polar surface area (TPSA) is 49.8 Å². The van der Waals surface area contributed by atoms with E-state index in [2.05, 4.69) is 43.9 Å². The van der Waals surface area contributed by atoms with Gasteiger partial charge in [-0.3, -0.25) is 0 Å². The summed E-state index contributed by atoms with van der Waals surface area (Å²) in [5.74, 6) is -0.0672. The Balaban J connectivity index is 1.87. The molecule has 4 nitrogen and oxygen atoms in total. The largest absolute Gasteiger partial charge is 0.478 e. The summed E-state index contributed by atoms with van der Waals surface area (Å²) in [4.78, 5) is 13.5. The van der Waals surface area contributed by atoms with E-state index in [1.54, 1.807) is 12.1 Å². The molecule has 0 aromatic heterocycles. The Bertz CT molecular complexity index is 929. The first-order chi connectivity index (χ1) is 11.8. The summed E-state index contributed by atoms with van der Waals surface area (Å²) in [6, 6.07) is 11.4. The van der Waals surface area contributed by atoms with Gasteiger partial charge in [0.25, 0.3) is 0 Å². The quantitative estimate of drug-likeness (QED) is 0.847. The van der Waals surface area contributed by atoms with Crippen molar-refractivity contribution in [2.24, 2.45) is 0 Å². The van der Waals surface area contributed by atoms with Crippen LogP contribution in [0.25, 0.3) is 6.08 Å². The van der Waals surface area contributed by atoms with Gasteiger partial charge in [-0.25, -0.2) is 4.79 Å². The number of likely N-dealkylation sites (N-methyl/N-ethyl adjacent to an activating group) is 1. The van der Waals surface area contributed by atoms with Gasteiger partial charge in [0.2, 0.25) is 5.72 Å². The second-order valence-corrected chi connectivity index (χ2v) is 7.39. The van der Waals surface area contributed by atoms with Crippen molar-refractivity contribution in [3.05, 3.63) is 64.7 Å². The Labute approximate surface area is 147 Å². The van der Waals surface area contributed by atoms with Crippen molar-refractivity contribution < 1.29 is 14.6 Å². The highest BCUT2D eigenvalue weighted by molar-refractivity contribution is 5.89. The normalized spacial score (nSPS) is 22.5. The van der Waals surface area contributed by atoms with Crippen molar-refractivity contribution in [2.45, 2.75) is 31.9 Å². The minimum absolute atomic E-state index is 0.299. The second-order valence-electron chi connectivity index (χ2n) is 7.39. The number of anilines is 1. The highest BCUT2D eigenvalue weighted by atomic mass is 16.5. The number of rotatable bonds is 1. The van der Waals surface area contributed by atoms with Crippen molar-refractivity contribution in [1.29, 1.82) is 0 Å². The molecule has 1 atom stereocenters. The first-order valence-corrected chi connectivity index (χ1v) is 8.37. The lowest BCUT2D eigenvalue weighted by molar-refractivity contribution is 0.0580. The van der Waals surface area contributed by atoms with Gasteiger partial charge < -0.3 is 14.7 Å².